The van der Waals surface area contributed by atoms with Crippen LogP contribution in [0.5, 0.6) is 0 Å². The Kier molecular flexibility index (Phi) is 3.33. The fraction of sp³-hybridized carbons (Fsp3) is 0.727. The maximum Gasteiger partial charge on any atom is 0.142 e. The van der Waals surface area contributed by atoms with Crippen molar-refractivity contribution < 1.29 is 4.79 Å². The van der Waals surface area contributed by atoms with Crippen LogP contribution in [-0.4, -0.2) is 26.6 Å². The second-order valence-electron chi connectivity index (χ2n) is 4.41. The number of nitrogens with zero attached hydrogens (tertiary/aromatic N) is 3. The third kappa shape index (κ3) is 2.66. The summed E-state index contributed by atoms with van der Waals surface area (Å²) in [6, 6.07) is 0.0468. The molecule has 1 fully saturated rings. The van der Waals surface area contributed by atoms with Gasteiger partial charge in [-0.05, 0) is 25.7 Å². The average molecular weight is 222 g/mol. The molecule has 1 unspecified atom stereocenters. The van der Waals surface area contributed by atoms with Crippen LogP contribution in [0.1, 0.15) is 32.0 Å². The summed E-state index contributed by atoms with van der Waals surface area (Å²) in [5.74, 6) is 1.49. The molecule has 1 aromatic rings. The van der Waals surface area contributed by atoms with Crippen LogP contribution in [0.3, 0.4) is 0 Å². The standard InChI is InChI=1S/C11H18N4O/c1-2-15-11(13-7-14-15)6-9(16)5-10(12)8-3-4-8/h7-8,10H,2-6,12H2,1H3. The first-order valence-corrected chi connectivity index (χ1v) is 5.84. The lowest BCUT2D eigenvalue weighted by Gasteiger charge is -2.08. The van der Waals surface area contributed by atoms with E-state index in [-0.39, 0.29) is 11.8 Å². The molecule has 88 valence electrons. The Morgan fingerprint density at radius 3 is 3.06 bits per heavy atom. The summed E-state index contributed by atoms with van der Waals surface area (Å²) in [5, 5.41) is 4.04. The Morgan fingerprint density at radius 2 is 2.44 bits per heavy atom. The average Bonchev–Trinajstić information content (AvgIpc) is 3.00. The summed E-state index contributed by atoms with van der Waals surface area (Å²) in [6.07, 6.45) is 4.68. The fourth-order valence-electron chi connectivity index (χ4n) is 1.89. The smallest absolute Gasteiger partial charge is 0.142 e. The normalized spacial score (nSPS) is 17.4. The molecule has 16 heavy (non-hydrogen) atoms. The van der Waals surface area contributed by atoms with E-state index < -0.39 is 0 Å². The van der Waals surface area contributed by atoms with Crippen molar-refractivity contribution in [2.45, 2.75) is 45.2 Å². The number of hydrogen-bond donors (Lipinski definition) is 1. The van der Waals surface area contributed by atoms with Crippen LogP contribution in [0.2, 0.25) is 0 Å². The monoisotopic (exact) mass is 222 g/mol. The van der Waals surface area contributed by atoms with Crippen molar-refractivity contribution in [3.05, 3.63) is 12.2 Å². The van der Waals surface area contributed by atoms with Crippen LogP contribution in [-0.2, 0) is 17.8 Å². The second-order valence-corrected chi connectivity index (χ2v) is 4.41. The summed E-state index contributed by atoms with van der Waals surface area (Å²) in [6.45, 7) is 2.73. The number of aromatic nitrogens is 3. The molecule has 0 bridgehead atoms. The molecule has 2 rings (SSSR count). The van der Waals surface area contributed by atoms with Crippen LogP contribution in [0.25, 0.3) is 0 Å². The lowest BCUT2D eigenvalue weighted by Crippen LogP contribution is -2.27. The van der Waals surface area contributed by atoms with E-state index in [2.05, 4.69) is 10.1 Å². The van der Waals surface area contributed by atoms with Crippen molar-refractivity contribution in [1.82, 2.24) is 14.8 Å². The van der Waals surface area contributed by atoms with Gasteiger partial charge < -0.3 is 5.73 Å². The van der Waals surface area contributed by atoms with Gasteiger partial charge in [0.15, 0.2) is 0 Å². The zero-order valence-corrected chi connectivity index (χ0v) is 9.59. The van der Waals surface area contributed by atoms with E-state index in [0.29, 0.717) is 18.8 Å². The van der Waals surface area contributed by atoms with E-state index in [0.717, 1.165) is 12.4 Å². The molecule has 1 heterocycles. The molecule has 1 aliphatic rings. The van der Waals surface area contributed by atoms with E-state index in [1.807, 2.05) is 6.92 Å². The van der Waals surface area contributed by atoms with Crippen LogP contribution < -0.4 is 5.73 Å². The molecule has 0 aromatic carbocycles. The summed E-state index contributed by atoms with van der Waals surface area (Å²) in [5.41, 5.74) is 5.92. The van der Waals surface area contributed by atoms with Gasteiger partial charge in [0.1, 0.15) is 17.9 Å². The number of carbonyl (C=O) groups is 1. The van der Waals surface area contributed by atoms with Gasteiger partial charge in [0.05, 0.1) is 6.42 Å². The molecule has 0 spiro atoms. The highest BCUT2D eigenvalue weighted by Gasteiger charge is 2.29. The van der Waals surface area contributed by atoms with Gasteiger partial charge in [0.25, 0.3) is 0 Å². The number of carbonyl (C=O) groups excluding carboxylic acids is 1. The largest absolute Gasteiger partial charge is 0.327 e. The lowest BCUT2D eigenvalue weighted by atomic mass is 10.0. The molecule has 0 amide bonds. The third-order valence-electron chi connectivity index (χ3n) is 3.04. The number of rotatable bonds is 6. The van der Waals surface area contributed by atoms with Gasteiger partial charge in [-0.2, -0.15) is 5.10 Å². The molecule has 0 radical (unpaired) electrons. The van der Waals surface area contributed by atoms with Crippen LogP contribution in [0.15, 0.2) is 6.33 Å². The van der Waals surface area contributed by atoms with E-state index in [9.17, 15) is 4.79 Å². The van der Waals surface area contributed by atoms with Crippen molar-refractivity contribution in [3.63, 3.8) is 0 Å². The predicted molar refractivity (Wildman–Crippen MR) is 59.7 cm³/mol. The minimum Gasteiger partial charge on any atom is -0.327 e. The van der Waals surface area contributed by atoms with Crippen molar-refractivity contribution in [3.8, 4) is 0 Å². The molecular weight excluding hydrogens is 204 g/mol. The van der Waals surface area contributed by atoms with Crippen molar-refractivity contribution in [2.75, 3.05) is 0 Å². The van der Waals surface area contributed by atoms with E-state index >= 15 is 0 Å². The number of Topliss-reactive ketones (excluding diaryl/α,β-unsaturated/α-hetero) is 1. The van der Waals surface area contributed by atoms with Gasteiger partial charge in [-0.3, -0.25) is 4.79 Å². The highest BCUT2D eigenvalue weighted by atomic mass is 16.1. The maximum atomic E-state index is 11.8. The summed E-state index contributed by atoms with van der Waals surface area (Å²) < 4.78 is 1.75. The van der Waals surface area contributed by atoms with Crippen LogP contribution in [0, 0.1) is 5.92 Å². The highest BCUT2D eigenvalue weighted by molar-refractivity contribution is 5.80. The van der Waals surface area contributed by atoms with E-state index in [1.165, 1.54) is 19.2 Å². The number of aryl methyl sites for hydroxylation is 1. The van der Waals surface area contributed by atoms with E-state index in [1.54, 1.807) is 4.68 Å². The predicted octanol–water partition coefficient (Wildman–Crippen LogP) is 0.537. The molecule has 0 aliphatic heterocycles. The van der Waals surface area contributed by atoms with Gasteiger partial charge in [-0.25, -0.2) is 9.67 Å². The van der Waals surface area contributed by atoms with Crippen LogP contribution in [0.4, 0.5) is 0 Å². The zero-order valence-electron chi connectivity index (χ0n) is 9.59. The molecule has 0 saturated heterocycles. The molecule has 2 N–H and O–H groups in total. The molecule has 1 aromatic heterocycles. The Balaban J connectivity index is 1.86. The summed E-state index contributed by atoms with van der Waals surface area (Å²) in [7, 11) is 0. The highest BCUT2D eigenvalue weighted by Crippen LogP contribution is 2.32. The maximum absolute atomic E-state index is 11.8. The van der Waals surface area contributed by atoms with Gasteiger partial charge in [0, 0.05) is 19.0 Å². The van der Waals surface area contributed by atoms with Crippen molar-refractivity contribution >= 4 is 5.78 Å². The Hall–Kier alpha value is -1.23. The SMILES string of the molecule is CCn1ncnc1CC(=O)CC(N)C1CC1. The van der Waals surface area contributed by atoms with Gasteiger partial charge in [-0.15, -0.1) is 0 Å². The van der Waals surface area contributed by atoms with Gasteiger partial charge in [-0.1, -0.05) is 0 Å². The Labute approximate surface area is 95.0 Å². The van der Waals surface area contributed by atoms with Crippen molar-refractivity contribution in [2.24, 2.45) is 11.7 Å². The fourth-order valence-corrected chi connectivity index (χ4v) is 1.89. The summed E-state index contributed by atoms with van der Waals surface area (Å²) in [4.78, 5) is 15.8. The number of hydrogen-bond acceptors (Lipinski definition) is 4. The van der Waals surface area contributed by atoms with Crippen LogP contribution >= 0.6 is 0 Å². The Bertz CT molecular complexity index is 370. The molecule has 1 saturated carbocycles. The molecule has 1 aliphatic carbocycles. The number of ketones is 1. The minimum absolute atomic E-state index is 0.0468. The lowest BCUT2D eigenvalue weighted by molar-refractivity contribution is -0.119. The first kappa shape index (κ1) is 11.3. The zero-order chi connectivity index (χ0) is 11.5. The molecule has 1 atom stereocenters. The minimum atomic E-state index is 0.0468. The van der Waals surface area contributed by atoms with Gasteiger partial charge >= 0.3 is 0 Å². The third-order valence-corrected chi connectivity index (χ3v) is 3.04. The quantitative estimate of drug-likeness (QED) is 0.762. The molecule has 5 nitrogen and oxygen atoms in total. The first-order chi connectivity index (χ1) is 7.70. The van der Waals surface area contributed by atoms with Crippen molar-refractivity contribution in [1.29, 1.82) is 0 Å². The van der Waals surface area contributed by atoms with Gasteiger partial charge in [0.2, 0.25) is 0 Å². The summed E-state index contributed by atoms with van der Waals surface area (Å²) >= 11 is 0. The Morgan fingerprint density at radius 1 is 1.69 bits per heavy atom. The second kappa shape index (κ2) is 4.74. The molecule has 5 heteroatoms. The molecular formula is C11H18N4O. The number of nitrogens with two attached hydrogens (primary N) is 1. The first-order valence-electron chi connectivity index (χ1n) is 5.84. The topological polar surface area (TPSA) is 73.8 Å². The van der Waals surface area contributed by atoms with E-state index in [4.69, 9.17) is 5.73 Å².